The van der Waals surface area contributed by atoms with Crippen molar-refractivity contribution in [3.05, 3.63) is 20.9 Å². The molecule has 2 aromatic heterocycles. The van der Waals surface area contributed by atoms with Crippen LogP contribution in [0.1, 0.15) is 26.6 Å². The largest absolute Gasteiger partial charge is 0.309 e. The van der Waals surface area contributed by atoms with Gasteiger partial charge in [0.15, 0.2) is 15.9 Å². The third-order valence-corrected chi connectivity index (χ3v) is 2.80. The highest BCUT2D eigenvalue weighted by atomic mass is 79.9. The number of halogens is 1. The van der Waals surface area contributed by atoms with Crippen molar-refractivity contribution in [1.29, 1.82) is 0 Å². The summed E-state index contributed by atoms with van der Waals surface area (Å²) in [7, 11) is 0. The lowest BCUT2D eigenvalue weighted by atomic mass is 10.1. The highest BCUT2D eigenvalue weighted by Gasteiger charge is 2.22. The molecule has 2 rings (SSSR count). The molecule has 0 saturated heterocycles. The molecule has 0 fully saturated rings. The summed E-state index contributed by atoms with van der Waals surface area (Å²) in [6, 6.07) is 0. The summed E-state index contributed by atoms with van der Waals surface area (Å²) in [6.07, 6.45) is 0. The lowest BCUT2D eigenvalue weighted by molar-refractivity contribution is 0.398. The van der Waals surface area contributed by atoms with Gasteiger partial charge < -0.3 is 4.98 Å². The summed E-state index contributed by atoms with van der Waals surface area (Å²) in [6.45, 7) is 7.87. The van der Waals surface area contributed by atoms with Crippen LogP contribution in [0.3, 0.4) is 0 Å². The van der Waals surface area contributed by atoms with Crippen molar-refractivity contribution in [3.63, 3.8) is 0 Å². The van der Waals surface area contributed by atoms with Gasteiger partial charge >= 0.3 is 0 Å². The Bertz CT molecular complexity index is 606. The molecule has 0 aliphatic rings. The van der Waals surface area contributed by atoms with Gasteiger partial charge in [0.25, 0.3) is 5.56 Å². The van der Waals surface area contributed by atoms with Crippen molar-refractivity contribution >= 4 is 27.1 Å². The first kappa shape index (κ1) is 11.3. The van der Waals surface area contributed by atoms with E-state index in [2.05, 4.69) is 30.9 Å². The Morgan fingerprint density at radius 1 is 1.31 bits per heavy atom. The van der Waals surface area contributed by atoms with Gasteiger partial charge in [-0.25, -0.2) is 9.97 Å². The quantitative estimate of drug-likeness (QED) is 0.752. The van der Waals surface area contributed by atoms with Crippen molar-refractivity contribution in [2.45, 2.75) is 33.2 Å². The normalized spacial score (nSPS) is 12.3. The molecule has 5 nitrogen and oxygen atoms in total. The minimum Gasteiger partial charge on any atom is -0.309 e. The monoisotopic (exact) mass is 284 g/mol. The Hall–Kier alpha value is -1.17. The third kappa shape index (κ3) is 1.67. The Morgan fingerprint density at radius 3 is 2.50 bits per heavy atom. The van der Waals surface area contributed by atoms with E-state index in [4.69, 9.17) is 0 Å². The standard InChI is InChI=1S/C10H13BrN4O/c1-5-12-7-6(8(16)13-5)14-9(11)15(7)10(2,3)4/h1-4H3,(H,12,13,16). The number of aromatic nitrogens is 4. The maximum absolute atomic E-state index is 11.7. The number of H-pyrrole nitrogens is 1. The Balaban J connectivity index is 2.95. The van der Waals surface area contributed by atoms with Gasteiger partial charge in [0.1, 0.15) is 5.82 Å². The van der Waals surface area contributed by atoms with Crippen LogP contribution in [-0.4, -0.2) is 19.5 Å². The van der Waals surface area contributed by atoms with Crippen LogP contribution >= 0.6 is 15.9 Å². The Kier molecular flexibility index (Phi) is 2.41. The van der Waals surface area contributed by atoms with E-state index in [9.17, 15) is 4.79 Å². The fourth-order valence-electron chi connectivity index (χ4n) is 1.65. The van der Waals surface area contributed by atoms with Crippen LogP contribution in [0.2, 0.25) is 0 Å². The molecule has 0 aliphatic heterocycles. The van der Waals surface area contributed by atoms with Gasteiger partial charge in [-0.1, -0.05) is 0 Å². The number of aromatic amines is 1. The van der Waals surface area contributed by atoms with Crippen molar-refractivity contribution in [2.75, 3.05) is 0 Å². The van der Waals surface area contributed by atoms with E-state index in [0.717, 1.165) is 0 Å². The summed E-state index contributed by atoms with van der Waals surface area (Å²) >= 11 is 3.36. The van der Waals surface area contributed by atoms with Crippen LogP contribution in [0, 0.1) is 6.92 Å². The van der Waals surface area contributed by atoms with E-state index < -0.39 is 0 Å². The zero-order valence-corrected chi connectivity index (χ0v) is 11.2. The molecule has 0 bridgehead atoms. The van der Waals surface area contributed by atoms with E-state index in [1.807, 2.05) is 25.3 Å². The molecular formula is C10H13BrN4O. The van der Waals surface area contributed by atoms with Gasteiger partial charge in [-0.15, -0.1) is 0 Å². The van der Waals surface area contributed by atoms with Crippen LogP contribution in [0.25, 0.3) is 11.2 Å². The van der Waals surface area contributed by atoms with E-state index >= 15 is 0 Å². The van der Waals surface area contributed by atoms with Gasteiger partial charge in [0.05, 0.1) is 0 Å². The molecule has 0 aliphatic carbocycles. The first-order valence-corrected chi connectivity index (χ1v) is 5.75. The number of nitrogens with one attached hydrogen (secondary N) is 1. The molecule has 0 spiro atoms. The van der Waals surface area contributed by atoms with Crippen LogP contribution in [0.15, 0.2) is 9.53 Å². The molecule has 2 aromatic rings. The Morgan fingerprint density at radius 2 is 1.94 bits per heavy atom. The van der Waals surface area contributed by atoms with Gasteiger partial charge in [0.2, 0.25) is 0 Å². The zero-order chi connectivity index (χ0) is 12.1. The number of aryl methyl sites for hydroxylation is 1. The maximum atomic E-state index is 11.7. The summed E-state index contributed by atoms with van der Waals surface area (Å²) in [5, 5.41) is 0. The number of nitrogens with zero attached hydrogens (tertiary/aromatic N) is 3. The Labute approximate surface area is 101 Å². The molecule has 6 heteroatoms. The summed E-state index contributed by atoms with van der Waals surface area (Å²) in [4.78, 5) is 22.9. The average Bonchev–Trinajstić information content (AvgIpc) is 2.40. The summed E-state index contributed by atoms with van der Waals surface area (Å²) in [5.74, 6) is 0.593. The van der Waals surface area contributed by atoms with Crippen LogP contribution in [0.4, 0.5) is 0 Å². The molecule has 0 radical (unpaired) electrons. The second kappa shape index (κ2) is 3.41. The average molecular weight is 285 g/mol. The number of hydrogen-bond acceptors (Lipinski definition) is 3. The van der Waals surface area contributed by atoms with Crippen LogP contribution in [-0.2, 0) is 5.54 Å². The lowest BCUT2D eigenvalue weighted by Crippen LogP contribution is -2.23. The first-order chi connectivity index (χ1) is 7.30. The molecule has 0 atom stereocenters. The molecule has 1 N–H and O–H groups in total. The van der Waals surface area contributed by atoms with Crippen molar-refractivity contribution in [2.24, 2.45) is 0 Å². The van der Waals surface area contributed by atoms with Crippen molar-refractivity contribution in [3.8, 4) is 0 Å². The second-order valence-corrected chi connectivity index (χ2v) is 5.42. The molecule has 86 valence electrons. The molecule has 16 heavy (non-hydrogen) atoms. The number of hydrogen-bond donors (Lipinski definition) is 1. The maximum Gasteiger partial charge on any atom is 0.279 e. The molecular weight excluding hydrogens is 272 g/mol. The van der Waals surface area contributed by atoms with Crippen molar-refractivity contribution in [1.82, 2.24) is 19.5 Å². The first-order valence-electron chi connectivity index (χ1n) is 4.96. The second-order valence-electron chi connectivity index (χ2n) is 4.71. The molecule has 0 unspecified atom stereocenters. The topological polar surface area (TPSA) is 63.6 Å². The number of fused-ring (bicyclic) bond motifs is 1. The predicted molar refractivity (Wildman–Crippen MR) is 65.6 cm³/mol. The van der Waals surface area contributed by atoms with Gasteiger partial charge in [-0.05, 0) is 43.6 Å². The summed E-state index contributed by atoms with van der Waals surface area (Å²) < 4.78 is 2.53. The highest BCUT2D eigenvalue weighted by molar-refractivity contribution is 9.10. The highest BCUT2D eigenvalue weighted by Crippen LogP contribution is 2.25. The predicted octanol–water partition coefficient (Wildman–Crippen LogP) is 1.95. The SMILES string of the molecule is Cc1nc2c(nc(Br)n2C(C)(C)C)c(=O)[nH]1. The third-order valence-electron chi connectivity index (χ3n) is 2.27. The minimum absolute atomic E-state index is 0.180. The fraction of sp³-hybridized carbons (Fsp3) is 0.500. The molecule has 0 saturated carbocycles. The molecule has 0 amide bonds. The number of imidazole rings is 1. The smallest absolute Gasteiger partial charge is 0.279 e. The lowest BCUT2D eigenvalue weighted by Gasteiger charge is -2.22. The van der Waals surface area contributed by atoms with E-state index in [-0.39, 0.29) is 11.1 Å². The number of rotatable bonds is 0. The van der Waals surface area contributed by atoms with Gasteiger partial charge in [0, 0.05) is 5.54 Å². The van der Waals surface area contributed by atoms with E-state index in [1.165, 1.54) is 0 Å². The zero-order valence-electron chi connectivity index (χ0n) is 9.63. The van der Waals surface area contributed by atoms with Gasteiger partial charge in [-0.2, -0.15) is 0 Å². The minimum atomic E-state index is -0.203. The van der Waals surface area contributed by atoms with Crippen LogP contribution in [0.5, 0.6) is 0 Å². The van der Waals surface area contributed by atoms with Crippen LogP contribution < -0.4 is 5.56 Å². The van der Waals surface area contributed by atoms with E-state index in [0.29, 0.717) is 21.7 Å². The van der Waals surface area contributed by atoms with E-state index in [1.54, 1.807) is 6.92 Å². The molecule has 0 aromatic carbocycles. The van der Waals surface area contributed by atoms with Gasteiger partial charge in [-0.3, -0.25) is 9.36 Å². The molecule has 2 heterocycles. The fourth-order valence-corrected chi connectivity index (χ4v) is 2.52. The van der Waals surface area contributed by atoms with Crippen molar-refractivity contribution < 1.29 is 0 Å². The summed E-state index contributed by atoms with van der Waals surface area (Å²) in [5.41, 5.74) is 0.597.